The van der Waals surface area contributed by atoms with Crippen LogP contribution in [0.4, 0.5) is 13.2 Å². The predicted molar refractivity (Wildman–Crippen MR) is 65.3 cm³/mol. The second-order valence-corrected chi connectivity index (χ2v) is 4.10. The number of carbonyl (C=O) groups is 1. The monoisotopic (exact) mass is 300 g/mol. The number of nitrogens with zero attached hydrogens (tertiary/aromatic N) is 3. The lowest BCUT2D eigenvalue weighted by Crippen LogP contribution is -2.24. The van der Waals surface area contributed by atoms with Gasteiger partial charge >= 0.3 is 0 Å². The maximum absolute atomic E-state index is 13.9. The molecule has 0 aliphatic heterocycles. The first-order valence-electron chi connectivity index (χ1n) is 5.87. The Hall–Kier alpha value is -2.42. The molecule has 0 spiro atoms. The minimum atomic E-state index is -1.65. The molecule has 1 amide bonds. The van der Waals surface area contributed by atoms with E-state index in [-0.39, 0.29) is 23.5 Å². The van der Waals surface area contributed by atoms with Gasteiger partial charge in [-0.25, -0.2) is 17.9 Å². The molecule has 0 aliphatic rings. The zero-order valence-electron chi connectivity index (χ0n) is 10.9. The minimum Gasteiger partial charge on any atom is -0.390 e. The molecule has 2 rings (SSSR count). The lowest BCUT2D eigenvalue weighted by atomic mass is 10.1. The number of hydrogen-bond donors (Lipinski definition) is 2. The molecule has 1 heterocycles. The lowest BCUT2D eigenvalue weighted by Gasteiger charge is -2.09. The first kappa shape index (κ1) is 15.0. The Morgan fingerprint density at radius 1 is 1.33 bits per heavy atom. The molecule has 0 unspecified atom stereocenters. The summed E-state index contributed by atoms with van der Waals surface area (Å²) in [5.41, 5.74) is -0.479. The van der Waals surface area contributed by atoms with E-state index >= 15 is 0 Å². The van der Waals surface area contributed by atoms with Gasteiger partial charge < -0.3 is 10.4 Å². The quantitative estimate of drug-likeness (QED) is 0.810. The summed E-state index contributed by atoms with van der Waals surface area (Å²) >= 11 is 0. The number of aliphatic hydroxyl groups excluding tert-OH is 1. The third-order valence-electron chi connectivity index (χ3n) is 2.82. The van der Waals surface area contributed by atoms with Crippen molar-refractivity contribution in [2.45, 2.75) is 13.2 Å². The maximum atomic E-state index is 13.9. The number of nitrogens with one attached hydrogen (secondary N) is 1. The second kappa shape index (κ2) is 5.92. The Bertz CT molecular complexity index is 687. The molecule has 0 bridgehead atoms. The second-order valence-electron chi connectivity index (χ2n) is 4.10. The van der Waals surface area contributed by atoms with E-state index in [0.717, 1.165) is 16.8 Å². The molecule has 0 radical (unpaired) electrons. The summed E-state index contributed by atoms with van der Waals surface area (Å²) in [7, 11) is 1.39. The van der Waals surface area contributed by atoms with Gasteiger partial charge in [-0.3, -0.25) is 4.79 Å². The standard InChI is InChI=1S/C12H11F3N4O2/c1-16-9(21)4-19-12(8(5-20)17-18-19)6-2-3-7(13)11(15)10(6)14/h2-3,20H,4-5H2,1H3,(H,16,21). The minimum absolute atomic E-state index is 0.0520. The van der Waals surface area contributed by atoms with Gasteiger partial charge in [0.1, 0.15) is 12.2 Å². The number of aliphatic hydroxyl groups is 1. The van der Waals surface area contributed by atoms with E-state index in [4.69, 9.17) is 0 Å². The van der Waals surface area contributed by atoms with E-state index in [9.17, 15) is 23.1 Å². The van der Waals surface area contributed by atoms with Gasteiger partial charge in [0.05, 0.1) is 12.3 Å². The van der Waals surface area contributed by atoms with E-state index in [0.29, 0.717) is 0 Å². The molecule has 9 heteroatoms. The van der Waals surface area contributed by atoms with Gasteiger partial charge in [-0.2, -0.15) is 0 Å². The highest BCUT2D eigenvalue weighted by Gasteiger charge is 2.22. The molecule has 0 fully saturated rings. The Labute approximate surface area is 117 Å². The molecule has 6 nitrogen and oxygen atoms in total. The summed E-state index contributed by atoms with van der Waals surface area (Å²) in [4.78, 5) is 11.4. The average molecular weight is 300 g/mol. The number of benzene rings is 1. The summed E-state index contributed by atoms with van der Waals surface area (Å²) in [5.74, 6) is -4.88. The molecule has 1 aromatic carbocycles. The maximum Gasteiger partial charge on any atom is 0.241 e. The molecular weight excluding hydrogens is 289 g/mol. The van der Waals surface area contributed by atoms with Crippen LogP contribution < -0.4 is 5.32 Å². The van der Waals surface area contributed by atoms with Gasteiger partial charge in [-0.1, -0.05) is 5.21 Å². The van der Waals surface area contributed by atoms with Crippen LogP contribution in [0.25, 0.3) is 11.3 Å². The smallest absolute Gasteiger partial charge is 0.241 e. The van der Waals surface area contributed by atoms with Crippen LogP contribution in [0.3, 0.4) is 0 Å². The summed E-state index contributed by atoms with van der Waals surface area (Å²) in [6, 6.07) is 1.73. The molecule has 112 valence electrons. The van der Waals surface area contributed by atoms with Gasteiger partial charge in [0.25, 0.3) is 0 Å². The Morgan fingerprint density at radius 2 is 2.05 bits per heavy atom. The molecule has 0 saturated heterocycles. The van der Waals surface area contributed by atoms with Crippen molar-refractivity contribution < 1.29 is 23.1 Å². The third kappa shape index (κ3) is 2.72. The molecule has 1 aromatic heterocycles. The molecule has 21 heavy (non-hydrogen) atoms. The van der Waals surface area contributed by atoms with Crippen LogP contribution in [-0.4, -0.2) is 33.1 Å². The van der Waals surface area contributed by atoms with Gasteiger partial charge in [0, 0.05) is 12.6 Å². The first-order valence-corrected chi connectivity index (χ1v) is 5.87. The van der Waals surface area contributed by atoms with Crippen LogP contribution in [0, 0.1) is 17.5 Å². The molecular formula is C12H11F3N4O2. The van der Waals surface area contributed by atoms with Crippen LogP contribution in [0.1, 0.15) is 5.69 Å². The third-order valence-corrected chi connectivity index (χ3v) is 2.82. The lowest BCUT2D eigenvalue weighted by molar-refractivity contribution is -0.121. The molecule has 2 aromatic rings. The van der Waals surface area contributed by atoms with E-state index in [1.807, 2.05) is 0 Å². The summed E-state index contributed by atoms with van der Waals surface area (Å²) < 4.78 is 41.2. The van der Waals surface area contributed by atoms with Gasteiger partial charge in [-0.05, 0) is 12.1 Å². The number of halogens is 3. The molecule has 2 N–H and O–H groups in total. The summed E-state index contributed by atoms with van der Waals surface area (Å²) in [6.45, 7) is -0.904. The van der Waals surface area contributed by atoms with Crippen molar-refractivity contribution in [2.24, 2.45) is 0 Å². The van der Waals surface area contributed by atoms with Crippen LogP contribution in [-0.2, 0) is 17.9 Å². The van der Waals surface area contributed by atoms with Crippen molar-refractivity contribution in [3.8, 4) is 11.3 Å². The summed E-state index contributed by atoms with van der Waals surface area (Å²) in [5, 5.41) is 18.7. The number of hydrogen-bond acceptors (Lipinski definition) is 4. The number of amides is 1. The largest absolute Gasteiger partial charge is 0.390 e. The predicted octanol–water partition coefficient (Wildman–Crippen LogP) is 0.601. The first-order chi connectivity index (χ1) is 9.99. The number of rotatable bonds is 4. The normalized spacial score (nSPS) is 10.7. The Kier molecular flexibility index (Phi) is 4.22. The van der Waals surface area contributed by atoms with E-state index in [2.05, 4.69) is 15.6 Å². The molecule has 0 saturated carbocycles. The fourth-order valence-electron chi connectivity index (χ4n) is 1.78. The Morgan fingerprint density at radius 3 is 2.67 bits per heavy atom. The van der Waals surface area contributed by atoms with Crippen molar-refractivity contribution >= 4 is 5.91 Å². The summed E-state index contributed by atoms with van der Waals surface area (Å²) in [6.07, 6.45) is 0. The molecule has 0 aliphatic carbocycles. The number of carbonyl (C=O) groups excluding carboxylic acids is 1. The van der Waals surface area contributed by atoms with Crippen molar-refractivity contribution in [2.75, 3.05) is 7.05 Å². The van der Waals surface area contributed by atoms with Crippen LogP contribution in [0.15, 0.2) is 12.1 Å². The Balaban J connectivity index is 2.59. The zero-order valence-corrected chi connectivity index (χ0v) is 10.9. The highest BCUT2D eigenvalue weighted by atomic mass is 19.2. The van der Waals surface area contributed by atoms with Crippen LogP contribution in [0.5, 0.6) is 0 Å². The van der Waals surface area contributed by atoms with E-state index in [1.165, 1.54) is 7.05 Å². The van der Waals surface area contributed by atoms with E-state index < -0.39 is 30.0 Å². The van der Waals surface area contributed by atoms with E-state index in [1.54, 1.807) is 0 Å². The fraction of sp³-hybridized carbons (Fsp3) is 0.250. The number of likely N-dealkylation sites (N-methyl/N-ethyl adjacent to an activating group) is 1. The van der Waals surface area contributed by atoms with Gasteiger partial charge in [-0.15, -0.1) is 5.10 Å². The SMILES string of the molecule is CNC(=O)Cn1nnc(CO)c1-c1ccc(F)c(F)c1F. The fourth-order valence-corrected chi connectivity index (χ4v) is 1.78. The van der Waals surface area contributed by atoms with Crippen molar-refractivity contribution in [3.63, 3.8) is 0 Å². The van der Waals surface area contributed by atoms with Gasteiger partial charge in [0.2, 0.25) is 5.91 Å². The highest BCUT2D eigenvalue weighted by Crippen LogP contribution is 2.28. The zero-order chi connectivity index (χ0) is 15.6. The van der Waals surface area contributed by atoms with Crippen LogP contribution >= 0.6 is 0 Å². The van der Waals surface area contributed by atoms with Crippen molar-refractivity contribution in [1.29, 1.82) is 0 Å². The van der Waals surface area contributed by atoms with Gasteiger partial charge in [0.15, 0.2) is 17.5 Å². The number of aromatic nitrogens is 3. The van der Waals surface area contributed by atoms with Crippen LogP contribution in [0.2, 0.25) is 0 Å². The highest BCUT2D eigenvalue weighted by molar-refractivity contribution is 5.76. The average Bonchev–Trinajstić information content (AvgIpc) is 2.87. The van der Waals surface area contributed by atoms with Crippen molar-refractivity contribution in [1.82, 2.24) is 20.3 Å². The van der Waals surface area contributed by atoms with Crippen molar-refractivity contribution in [3.05, 3.63) is 35.3 Å². The topological polar surface area (TPSA) is 80.0 Å². The molecule has 0 atom stereocenters.